The quantitative estimate of drug-likeness (QED) is 0.858. The maximum atomic E-state index is 10.9. The lowest BCUT2D eigenvalue weighted by Crippen LogP contribution is -2.36. The van der Waals surface area contributed by atoms with Gasteiger partial charge in [-0.25, -0.2) is 4.79 Å². The first-order valence-electron chi connectivity index (χ1n) is 7.15. The maximum absolute atomic E-state index is 10.9. The SMILES string of the molecule is COc1ccccc1C(C)(C)NCc1ccc(C(=O)O)cc1. The van der Waals surface area contributed by atoms with E-state index in [0.717, 1.165) is 16.9 Å². The fourth-order valence-corrected chi connectivity index (χ4v) is 2.34. The Morgan fingerprint density at radius 1 is 1.14 bits per heavy atom. The molecule has 116 valence electrons. The van der Waals surface area contributed by atoms with Crippen molar-refractivity contribution in [2.75, 3.05) is 7.11 Å². The van der Waals surface area contributed by atoms with Crippen LogP contribution in [-0.2, 0) is 12.1 Å². The molecule has 4 heteroatoms. The van der Waals surface area contributed by atoms with Gasteiger partial charge in [0.15, 0.2) is 0 Å². The number of hydrogen-bond acceptors (Lipinski definition) is 3. The molecule has 2 N–H and O–H groups in total. The predicted octanol–water partition coefficient (Wildman–Crippen LogP) is 3.42. The van der Waals surface area contributed by atoms with Gasteiger partial charge in [-0.05, 0) is 37.6 Å². The summed E-state index contributed by atoms with van der Waals surface area (Å²) in [5.41, 5.74) is 2.15. The van der Waals surface area contributed by atoms with Crippen LogP contribution in [0.5, 0.6) is 5.75 Å². The van der Waals surface area contributed by atoms with E-state index in [2.05, 4.69) is 19.2 Å². The first-order valence-corrected chi connectivity index (χ1v) is 7.15. The lowest BCUT2D eigenvalue weighted by molar-refractivity contribution is 0.0697. The third-order valence-corrected chi connectivity index (χ3v) is 3.72. The third kappa shape index (κ3) is 3.65. The molecule has 0 bridgehead atoms. The number of carboxylic acid groups (broad SMARTS) is 1. The van der Waals surface area contributed by atoms with E-state index in [9.17, 15) is 4.79 Å². The Balaban J connectivity index is 2.10. The van der Waals surface area contributed by atoms with E-state index in [1.807, 2.05) is 36.4 Å². The number of aromatic carboxylic acids is 1. The number of carbonyl (C=O) groups is 1. The summed E-state index contributed by atoms with van der Waals surface area (Å²) >= 11 is 0. The van der Waals surface area contributed by atoms with Crippen LogP contribution in [0, 0.1) is 0 Å². The summed E-state index contributed by atoms with van der Waals surface area (Å²) in [6.07, 6.45) is 0. The molecule has 4 nitrogen and oxygen atoms in total. The van der Waals surface area contributed by atoms with Crippen molar-refractivity contribution in [1.29, 1.82) is 0 Å². The highest BCUT2D eigenvalue weighted by atomic mass is 16.5. The minimum absolute atomic E-state index is 0.266. The number of rotatable bonds is 6. The molecule has 0 aliphatic carbocycles. The van der Waals surface area contributed by atoms with E-state index in [-0.39, 0.29) is 5.54 Å². The van der Waals surface area contributed by atoms with Crippen molar-refractivity contribution >= 4 is 5.97 Å². The zero-order valence-electron chi connectivity index (χ0n) is 13.1. The molecule has 0 amide bonds. The molecule has 0 heterocycles. The molecule has 0 atom stereocenters. The molecular formula is C18H21NO3. The van der Waals surface area contributed by atoms with Crippen LogP contribution in [0.2, 0.25) is 0 Å². The van der Waals surface area contributed by atoms with Crippen LogP contribution < -0.4 is 10.1 Å². The van der Waals surface area contributed by atoms with Gasteiger partial charge in [-0.3, -0.25) is 0 Å². The first kappa shape index (κ1) is 16.0. The average Bonchev–Trinajstić information content (AvgIpc) is 2.53. The van der Waals surface area contributed by atoms with Crippen molar-refractivity contribution in [2.45, 2.75) is 25.9 Å². The van der Waals surface area contributed by atoms with Crippen LogP contribution in [0.3, 0.4) is 0 Å². The molecule has 0 aliphatic heterocycles. The number of benzene rings is 2. The van der Waals surface area contributed by atoms with Gasteiger partial charge in [-0.1, -0.05) is 30.3 Å². The summed E-state index contributed by atoms with van der Waals surface area (Å²) in [4.78, 5) is 10.9. The van der Waals surface area contributed by atoms with Crippen LogP contribution in [0.25, 0.3) is 0 Å². The van der Waals surface area contributed by atoms with Gasteiger partial charge >= 0.3 is 5.97 Å². The largest absolute Gasteiger partial charge is 0.496 e. The zero-order chi connectivity index (χ0) is 16.2. The van der Waals surface area contributed by atoms with Gasteiger partial charge in [0.25, 0.3) is 0 Å². The number of hydrogen-bond donors (Lipinski definition) is 2. The van der Waals surface area contributed by atoms with E-state index < -0.39 is 5.97 Å². The van der Waals surface area contributed by atoms with E-state index in [0.29, 0.717) is 12.1 Å². The Morgan fingerprint density at radius 3 is 2.36 bits per heavy atom. The number of carboxylic acids is 1. The molecule has 0 fully saturated rings. The summed E-state index contributed by atoms with van der Waals surface area (Å²) in [6, 6.07) is 14.8. The van der Waals surface area contributed by atoms with Gasteiger partial charge in [0.2, 0.25) is 0 Å². The molecule has 0 radical (unpaired) electrons. The second-order valence-corrected chi connectivity index (χ2v) is 5.68. The fraction of sp³-hybridized carbons (Fsp3) is 0.278. The van der Waals surface area contributed by atoms with Crippen molar-refractivity contribution < 1.29 is 14.6 Å². The molecule has 22 heavy (non-hydrogen) atoms. The van der Waals surface area contributed by atoms with E-state index in [1.54, 1.807) is 19.2 Å². The molecule has 0 aromatic heterocycles. The van der Waals surface area contributed by atoms with Gasteiger partial charge in [-0.2, -0.15) is 0 Å². The van der Waals surface area contributed by atoms with Crippen LogP contribution in [-0.4, -0.2) is 18.2 Å². The molecule has 2 rings (SSSR count). The van der Waals surface area contributed by atoms with Crippen LogP contribution in [0.4, 0.5) is 0 Å². The van der Waals surface area contributed by atoms with Gasteiger partial charge < -0.3 is 15.2 Å². The fourth-order valence-electron chi connectivity index (χ4n) is 2.34. The highest BCUT2D eigenvalue weighted by Gasteiger charge is 2.23. The maximum Gasteiger partial charge on any atom is 0.335 e. The standard InChI is InChI=1S/C18H21NO3/c1-18(2,15-6-4-5-7-16(15)22-3)19-12-13-8-10-14(11-9-13)17(20)21/h4-11,19H,12H2,1-3H3,(H,20,21). The summed E-state index contributed by atoms with van der Waals surface area (Å²) in [5.74, 6) is -0.0601. The Morgan fingerprint density at radius 2 is 1.77 bits per heavy atom. The Hall–Kier alpha value is -2.33. The van der Waals surface area contributed by atoms with E-state index >= 15 is 0 Å². The number of nitrogens with one attached hydrogen (secondary N) is 1. The predicted molar refractivity (Wildman–Crippen MR) is 86.3 cm³/mol. The van der Waals surface area contributed by atoms with Gasteiger partial charge in [0.05, 0.1) is 12.7 Å². The Bertz CT molecular complexity index is 648. The topological polar surface area (TPSA) is 58.6 Å². The minimum Gasteiger partial charge on any atom is -0.496 e. The molecule has 0 spiro atoms. The van der Waals surface area contributed by atoms with Crippen molar-refractivity contribution in [3.8, 4) is 5.75 Å². The van der Waals surface area contributed by atoms with Crippen molar-refractivity contribution in [2.24, 2.45) is 0 Å². The van der Waals surface area contributed by atoms with E-state index in [1.165, 1.54) is 0 Å². The van der Waals surface area contributed by atoms with Crippen LogP contribution in [0.1, 0.15) is 35.3 Å². The van der Waals surface area contributed by atoms with Crippen molar-refractivity contribution in [1.82, 2.24) is 5.32 Å². The average molecular weight is 299 g/mol. The Labute approximate surface area is 130 Å². The first-order chi connectivity index (χ1) is 10.4. The second-order valence-electron chi connectivity index (χ2n) is 5.68. The third-order valence-electron chi connectivity index (χ3n) is 3.72. The number of para-hydroxylation sites is 1. The van der Waals surface area contributed by atoms with Gasteiger partial charge in [-0.15, -0.1) is 0 Å². The molecule has 0 aliphatic rings. The molecule has 0 unspecified atom stereocenters. The summed E-state index contributed by atoms with van der Waals surface area (Å²) < 4.78 is 5.42. The smallest absolute Gasteiger partial charge is 0.335 e. The zero-order valence-corrected chi connectivity index (χ0v) is 13.1. The van der Waals surface area contributed by atoms with Crippen LogP contribution in [0.15, 0.2) is 48.5 Å². The van der Waals surface area contributed by atoms with E-state index in [4.69, 9.17) is 9.84 Å². The molecule has 2 aromatic rings. The highest BCUT2D eigenvalue weighted by Crippen LogP contribution is 2.29. The second kappa shape index (κ2) is 6.62. The summed E-state index contributed by atoms with van der Waals surface area (Å²) in [5, 5.41) is 12.4. The van der Waals surface area contributed by atoms with Crippen LogP contribution >= 0.6 is 0 Å². The van der Waals surface area contributed by atoms with Gasteiger partial charge in [0, 0.05) is 17.6 Å². The molecular weight excluding hydrogens is 278 g/mol. The van der Waals surface area contributed by atoms with Gasteiger partial charge in [0.1, 0.15) is 5.75 Å². The Kier molecular flexibility index (Phi) is 4.83. The number of ether oxygens (including phenoxy) is 1. The summed E-state index contributed by atoms with van der Waals surface area (Å²) in [6.45, 7) is 4.83. The molecule has 0 saturated heterocycles. The monoisotopic (exact) mass is 299 g/mol. The number of methoxy groups -OCH3 is 1. The highest BCUT2D eigenvalue weighted by molar-refractivity contribution is 5.87. The van der Waals surface area contributed by atoms with Crippen molar-refractivity contribution in [3.05, 3.63) is 65.2 Å². The minimum atomic E-state index is -0.908. The molecule has 0 saturated carbocycles. The molecule has 2 aromatic carbocycles. The lowest BCUT2D eigenvalue weighted by atomic mass is 9.93. The lowest BCUT2D eigenvalue weighted by Gasteiger charge is -2.28. The summed E-state index contributed by atoms with van der Waals surface area (Å²) in [7, 11) is 1.67. The van der Waals surface area contributed by atoms with Crippen molar-refractivity contribution in [3.63, 3.8) is 0 Å². The normalized spacial score (nSPS) is 11.2.